The fourth-order valence-electron chi connectivity index (χ4n) is 0.940. The van der Waals surface area contributed by atoms with E-state index in [1.807, 2.05) is 0 Å². The lowest BCUT2D eigenvalue weighted by Gasteiger charge is -2.10. The van der Waals surface area contributed by atoms with Gasteiger partial charge >= 0.3 is 0 Å². The van der Waals surface area contributed by atoms with E-state index in [-0.39, 0.29) is 0 Å². The van der Waals surface area contributed by atoms with Gasteiger partial charge in [-0.25, -0.2) is 0 Å². The maximum absolute atomic E-state index is 10.9. The number of hydrogen-bond donors (Lipinski definition) is 3. The van der Waals surface area contributed by atoms with Crippen molar-refractivity contribution in [3.05, 3.63) is 27.7 Å². The second-order valence-electron chi connectivity index (χ2n) is 2.70. The summed E-state index contributed by atoms with van der Waals surface area (Å²) in [5.41, 5.74) is 11.4. The Morgan fingerprint density at radius 2 is 1.93 bits per heavy atom. The van der Waals surface area contributed by atoms with Crippen LogP contribution in [-0.2, 0) is 4.79 Å². The quantitative estimate of drug-likeness (QED) is 0.556. The van der Waals surface area contributed by atoms with Crippen molar-refractivity contribution >= 4 is 47.4 Å². The van der Waals surface area contributed by atoms with Gasteiger partial charge in [0.1, 0.15) is 5.25 Å². The van der Waals surface area contributed by atoms with Crippen LogP contribution in [0.1, 0.15) is 10.8 Å². The highest BCUT2D eigenvalue weighted by atomic mass is 35.5. The summed E-state index contributed by atoms with van der Waals surface area (Å²) < 4.78 is 0. The molecule has 1 unspecified atom stereocenters. The number of benzene rings is 1. The molecule has 1 aromatic carbocycles. The van der Waals surface area contributed by atoms with Gasteiger partial charge in [0.2, 0.25) is 5.91 Å². The van der Waals surface area contributed by atoms with Crippen LogP contribution < -0.4 is 11.5 Å². The second-order valence-corrected chi connectivity index (χ2v) is 4.03. The summed E-state index contributed by atoms with van der Waals surface area (Å²) in [5, 5.41) is -0.129. The van der Waals surface area contributed by atoms with Crippen LogP contribution in [-0.4, -0.2) is 5.91 Å². The SMILES string of the molecule is NC(=O)C(S)c1cc(Cl)c(N)cc1Cl. The number of primary amides is 1. The lowest BCUT2D eigenvalue weighted by atomic mass is 10.1. The molecule has 1 amide bonds. The van der Waals surface area contributed by atoms with Gasteiger partial charge in [-0.05, 0) is 17.7 Å². The van der Waals surface area contributed by atoms with E-state index in [4.69, 9.17) is 34.7 Å². The summed E-state index contributed by atoms with van der Waals surface area (Å²) in [6, 6.07) is 2.95. The number of carbonyl (C=O) groups excluding carboxylic acids is 1. The minimum atomic E-state index is -0.777. The van der Waals surface area contributed by atoms with Gasteiger partial charge < -0.3 is 11.5 Å². The van der Waals surface area contributed by atoms with E-state index < -0.39 is 11.2 Å². The number of anilines is 1. The molecule has 0 bridgehead atoms. The first-order valence-electron chi connectivity index (χ1n) is 3.65. The number of thiol groups is 1. The predicted molar refractivity (Wildman–Crippen MR) is 61.8 cm³/mol. The van der Waals surface area contributed by atoms with E-state index in [2.05, 4.69) is 12.6 Å². The molecular weight excluding hydrogens is 243 g/mol. The Morgan fingerprint density at radius 1 is 1.36 bits per heavy atom. The zero-order valence-electron chi connectivity index (χ0n) is 7.00. The number of rotatable bonds is 2. The largest absolute Gasteiger partial charge is 0.397 e. The Morgan fingerprint density at radius 3 is 2.43 bits per heavy atom. The van der Waals surface area contributed by atoms with Crippen molar-refractivity contribution in [1.82, 2.24) is 0 Å². The van der Waals surface area contributed by atoms with E-state index in [1.54, 1.807) is 0 Å². The predicted octanol–water partition coefficient (Wildman–Crippen LogP) is 2.03. The number of nitrogens with two attached hydrogens (primary N) is 2. The average Bonchev–Trinajstić information content (AvgIpc) is 2.10. The first-order chi connectivity index (χ1) is 6.43. The molecule has 1 aromatic rings. The second kappa shape index (κ2) is 4.29. The Kier molecular flexibility index (Phi) is 3.53. The standard InChI is InChI=1S/C8H8Cl2N2OS/c9-4-2-6(11)5(10)1-3(4)7(14)8(12)13/h1-2,7,14H,11H2,(H2,12,13). The van der Waals surface area contributed by atoms with E-state index in [9.17, 15) is 4.79 Å². The molecule has 0 fully saturated rings. The van der Waals surface area contributed by atoms with Crippen LogP contribution in [0.4, 0.5) is 5.69 Å². The van der Waals surface area contributed by atoms with Gasteiger partial charge in [0, 0.05) is 5.02 Å². The molecule has 0 aliphatic rings. The van der Waals surface area contributed by atoms with Gasteiger partial charge in [0.25, 0.3) is 0 Å². The molecule has 0 aromatic heterocycles. The van der Waals surface area contributed by atoms with Gasteiger partial charge in [-0.15, -0.1) is 0 Å². The average molecular weight is 251 g/mol. The smallest absolute Gasteiger partial charge is 0.234 e. The Labute approximate surface area is 96.8 Å². The Bertz CT molecular complexity index is 384. The molecule has 6 heteroatoms. The topological polar surface area (TPSA) is 69.1 Å². The Hall–Kier alpha value is -0.580. The summed E-state index contributed by atoms with van der Waals surface area (Å²) >= 11 is 15.6. The highest BCUT2D eigenvalue weighted by Gasteiger charge is 2.17. The maximum Gasteiger partial charge on any atom is 0.234 e. The van der Waals surface area contributed by atoms with Crippen molar-refractivity contribution in [2.45, 2.75) is 5.25 Å². The summed E-state index contributed by atoms with van der Waals surface area (Å²) in [6.07, 6.45) is 0. The number of halogens is 2. The number of amides is 1. The summed E-state index contributed by atoms with van der Waals surface area (Å²) in [5.74, 6) is -0.587. The molecule has 0 radical (unpaired) electrons. The molecular formula is C8H8Cl2N2OS. The zero-order chi connectivity index (χ0) is 10.9. The molecule has 14 heavy (non-hydrogen) atoms. The maximum atomic E-state index is 10.9. The summed E-state index contributed by atoms with van der Waals surface area (Å²) in [6.45, 7) is 0. The van der Waals surface area contributed by atoms with Gasteiger partial charge in [-0.2, -0.15) is 12.6 Å². The van der Waals surface area contributed by atoms with E-state index >= 15 is 0 Å². The number of nitrogen functional groups attached to an aromatic ring is 1. The third-order valence-electron chi connectivity index (χ3n) is 1.68. The van der Waals surface area contributed by atoms with E-state index in [0.717, 1.165) is 0 Å². The molecule has 0 heterocycles. The summed E-state index contributed by atoms with van der Waals surface area (Å²) in [4.78, 5) is 10.9. The van der Waals surface area contributed by atoms with Gasteiger partial charge in [0.15, 0.2) is 0 Å². The molecule has 0 saturated carbocycles. The fraction of sp³-hybridized carbons (Fsp3) is 0.125. The number of carbonyl (C=O) groups is 1. The summed E-state index contributed by atoms with van der Waals surface area (Å²) in [7, 11) is 0. The molecule has 0 aliphatic heterocycles. The molecule has 3 nitrogen and oxygen atoms in total. The molecule has 0 saturated heterocycles. The monoisotopic (exact) mass is 250 g/mol. The molecule has 0 spiro atoms. The van der Waals surface area contributed by atoms with Gasteiger partial charge in [-0.3, -0.25) is 4.79 Å². The van der Waals surface area contributed by atoms with Crippen LogP contribution in [0.3, 0.4) is 0 Å². The van der Waals surface area contributed by atoms with Gasteiger partial charge in [-0.1, -0.05) is 23.2 Å². The molecule has 0 aliphatic carbocycles. The molecule has 76 valence electrons. The Balaban J connectivity index is 3.22. The van der Waals surface area contributed by atoms with Crippen molar-refractivity contribution in [2.75, 3.05) is 5.73 Å². The van der Waals surface area contributed by atoms with Crippen molar-refractivity contribution in [3.63, 3.8) is 0 Å². The highest BCUT2D eigenvalue weighted by molar-refractivity contribution is 7.81. The van der Waals surface area contributed by atoms with Gasteiger partial charge in [0.05, 0.1) is 10.7 Å². The third kappa shape index (κ3) is 2.26. The first kappa shape index (κ1) is 11.5. The minimum Gasteiger partial charge on any atom is -0.397 e. The van der Waals surface area contributed by atoms with Crippen molar-refractivity contribution in [2.24, 2.45) is 5.73 Å². The van der Waals surface area contributed by atoms with E-state index in [1.165, 1.54) is 12.1 Å². The van der Waals surface area contributed by atoms with Crippen LogP contribution in [0.5, 0.6) is 0 Å². The lowest BCUT2D eigenvalue weighted by Crippen LogP contribution is -2.17. The number of hydrogen-bond acceptors (Lipinski definition) is 3. The van der Waals surface area contributed by atoms with Crippen molar-refractivity contribution in [3.8, 4) is 0 Å². The van der Waals surface area contributed by atoms with Crippen LogP contribution in [0.25, 0.3) is 0 Å². The highest BCUT2D eigenvalue weighted by Crippen LogP contribution is 2.33. The third-order valence-corrected chi connectivity index (χ3v) is 2.87. The van der Waals surface area contributed by atoms with Crippen molar-refractivity contribution in [1.29, 1.82) is 0 Å². The van der Waals surface area contributed by atoms with Crippen LogP contribution in [0, 0.1) is 0 Å². The zero-order valence-corrected chi connectivity index (χ0v) is 9.40. The van der Waals surface area contributed by atoms with Crippen molar-refractivity contribution < 1.29 is 4.79 Å². The lowest BCUT2D eigenvalue weighted by molar-refractivity contribution is -0.117. The first-order valence-corrected chi connectivity index (χ1v) is 4.92. The minimum absolute atomic E-state index is 0.324. The van der Waals surface area contributed by atoms with Crippen LogP contribution in [0.15, 0.2) is 12.1 Å². The normalized spacial score (nSPS) is 12.5. The van der Waals surface area contributed by atoms with Crippen LogP contribution in [0.2, 0.25) is 10.0 Å². The molecule has 4 N–H and O–H groups in total. The molecule has 1 rings (SSSR count). The van der Waals surface area contributed by atoms with E-state index in [0.29, 0.717) is 21.3 Å². The molecule has 1 atom stereocenters. The van der Waals surface area contributed by atoms with Crippen LogP contribution >= 0.6 is 35.8 Å². The fourth-order valence-corrected chi connectivity index (χ4v) is 1.68.